The second kappa shape index (κ2) is 6.36. The van der Waals surface area contributed by atoms with Gasteiger partial charge in [-0.1, -0.05) is 0 Å². The summed E-state index contributed by atoms with van der Waals surface area (Å²) in [6, 6.07) is 0. The third-order valence-electron chi connectivity index (χ3n) is 3.93. The second-order valence-electron chi connectivity index (χ2n) is 5.16. The molecule has 2 fully saturated rings. The molecule has 0 aromatic carbocycles. The van der Waals surface area contributed by atoms with Crippen LogP contribution in [0.15, 0.2) is 0 Å². The van der Waals surface area contributed by atoms with Gasteiger partial charge < -0.3 is 15.0 Å². The van der Waals surface area contributed by atoms with Gasteiger partial charge in [0.25, 0.3) is 5.91 Å². The van der Waals surface area contributed by atoms with Gasteiger partial charge in [-0.15, -0.1) is 0 Å². The highest BCUT2D eigenvalue weighted by molar-refractivity contribution is 5.81. The van der Waals surface area contributed by atoms with Crippen molar-refractivity contribution in [3.05, 3.63) is 0 Å². The SMILES string of the molecule is CNCCC1CCN(C(=O)C2CCCO2)CC1. The Morgan fingerprint density at radius 2 is 2.12 bits per heavy atom. The van der Waals surface area contributed by atoms with E-state index in [1.54, 1.807) is 0 Å². The van der Waals surface area contributed by atoms with E-state index in [0.717, 1.165) is 57.8 Å². The monoisotopic (exact) mass is 240 g/mol. The third-order valence-corrected chi connectivity index (χ3v) is 3.93. The molecule has 2 rings (SSSR count). The summed E-state index contributed by atoms with van der Waals surface area (Å²) in [5.74, 6) is 1.02. The Balaban J connectivity index is 1.72. The molecule has 17 heavy (non-hydrogen) atoms. The summed E-state index contributed by atoms with van der Waals surface area (Å²) in [5.41, 5.74) is 0. The lowest BCUT2D eigenvalue weighted by Gasteiger charge is -2.33. The Labute approximate surface area is 104 Å². The summed E-state index contributed by atoms with van der Waals surface area (Å²) >= 11 is 0. The molecular weight excluding hydrogens is 216 g/mol. The van der Waals surface area contributed by atoms with Crippen LogP contribution in [-0.2, 0) is 9.53 Å². The normalized spacial score (nSPS) is 26.4. The number of piperidine rings is 1. The van der Waals surface area contributed by atoms with E-state index in [0.29, 0.717) is 0 Å². The molecule has 0 bridgehead atoms. The molecule has 0 aromatic rings. The molecule has 2 aliphatic heterocycles. The molecule has 2 heterocycles. The van der Waals surface area contributed by atoms with Crippen LogP contribution >= 0.6 is 0 Å². The van der Waals surface area contributed by atoms with Crippen LogP contribution in [0.3, 0.4) is 0 Å². The van der Waals surface area contributed by atoms with Gasteiger partial charge in [-0.05, 0) is 51.6 Å². The summed E-state index contributed by atoms with van der Waals surface area (Å²) in [5, 5.41) is 3.19. The van der Waals surface area contributed by atoms with E-state index in [1.807, 2.05) is 11.9 Å². The highest BCUT2D eigenvalue weighted by atomic mass is 16.5. The van der Waals surface area contributed by atoms with Gasteiger partial charge in [-0.3, -0.25) is 4.79 Å². The summed E-state index contributed by atoms with van der Waals surface area (Å²) in [7, 11) is 2.00. The standard InChI is InChI=1S/C13H24N2O2/c1-14-7-4-11-5-8-15(9-6-11)13(16)12-3-2-10-17-12/h11-12,14H,2-10H2,1H3. The maximum Gasteiger partial charge on any atom is 0.251 e. The Hall–Kier alpha value is -0.610. The van der Waals surface area contributed by atoms with Crippen LogP contribution in [0.1, 0.15) is 32.1 Å². The number of carbonyl (C=O) groups is 1. The number of nitrogens with one attached hydrogen (secondary N) is 1. The molecule has 1 amide bonds. The van der Waals surface area contributed by atoms with Crippen molar-refractivity contribution in [1.82, 2.24) is 10.2 Å². The van der Waals surface area contributed by atoms with Crippen LogP contribution in [0.5, 0.6) is 0 Å². The first-order valence-electron chi connectivity index (χ1n) is 6.86. The van der Waals surface area contributed by atoms with Crippen LogP contribution < -0.4 is 5.32 Å². The number of carbonyl (C=O) groups excluding carboxylic acids is 1. The molecule has 4 heteroatoms. The molecule has 2 saturated heterocycles. The van der Waals surface area contributed by atoms with Gasteiger partial charge in [0.2, 0.25) is 0 Å². The molecule has 1 N–H and O–H groups in total. The van der Waals surface area contributed by atoms with E-state index in [2.05, 4.69) is 5.32 Å². The largest absolute Gasteiger partial charge is 0.368 e. The molecule has 1 unspecified atom stereocenters. The summed E-state index contributed by atoms with van der Waals surface area (Å²) < 4.78 is 5.46. The fourth-order valence-corrected chi connectivity index (χ4v) is 2.77. The first-order valence-corrected chi connectivity index (χ1v) is 6.86. The molecule has 0 spiro atoms. The van der Waals surface area contributed by atoms with Crippen LogP contribution in [0.2, 0.25) is 0 Å². The van der Waals surface area contributed by atoms with Crippen molar-refractivity contribution < 1.29 is 9.53 Å². The number of likely N-dealkylation sites (tertiary alicyclic amines) is 1. The lowest BCUT2D eigenvalue weighted by molar-refractivity contribution is -0.142. The van der Waals surface area contributed by atoms with Crippen molar-refractivity contribution in [2.75, 3.05) is 33.3 Å². The van der Waals surface area contributed by atoms with E-state index in [9.17, 15) is 4.79 Å². The molecule has 0 radical (unpaired) electrons. The van der Waals surface area contributed by atoms with Crippen molar-refractivity contribution in [1.29, 1.82) is 0 Å². The number of amides is 1. The van der Waals surface area contributed by atoms with Crippen LogP contribution in [0.25, 0.3) is 0 Å². The maximum atomic E-state index is 12.1. The van der Waals surface area contributed by atoms with Gasteiger partial charge in [0.15, 0.2) is 0 Å². The zero-order valence-electron chi connectivity index (χ0n) is 10.8. The molecule has 1 atom stereocenters. The Bertz CT molecular complexity index is 244. The quantitative estimate of drug-likeness (QED) is 0.797. The lowest BCUT2D eigenvalue weighted by Crippen LogP contribution is -2.43. The van der Waals surface area contributed by atoms with Crippen molar-refractivity contribution in [2.24, 2.45) is 5.92 Å². The molecular formula is C13H24N2O2. The molecule has 0 aromatic heterocycles. The fourth-order valence-electron chi connectivity index (χ4n) is 2.77. The van der Waals surface area contributed by atoms with Crippen molar-refractivity contribution in [2.45, 2.75) is 38.2 Å². The van der Waals surface area contributed by atoms with Crippen LogP contribution in [0.4, 0.5) is 0 Å². The van der Waals surface area contributed by atoms with Crippen molar-refractivity contribution in [3.8, 4) is 0 Å². The fraction of sp³-hybridized carbons (Fsp3) is 0.923. The molecule has 4 nitrogen and oxygen atoms in total. The van der Waals surface area contributed by atoms with Crippen LogP contribution in [0, 0.1) is 5.92 Å². The first-order chi connectivity index (χ1) is 8.31. The zero-order chi connectivity index (χ0) is 12.1. The highest BCUT2D eigenvalue weighted by Gasteiger charge is 2.30. The molecule has 0 aliphatic carbocycles. The van der Waals surface area contributed by atoms with Crippen molar-refractivity contribution in [3.63, 3.8) is 0 Å². The van der Waals surface area contributed by atoms with E-state index in [4.69, 9.17) is 4.74 Å². The van der Waals surface area contributed by atoms with Gasteiger partial charge in [-0.25, -0.2) is 0 Å². The molecule has 2 aliphatic rings. The number of ether oxygens (including phenoxy) is 1. The minimum atomic E-state index is -0.135. The van der Waals surface area contributed by atoms with E-state index < -0.39 is 0 Å². The second-order valence-corrected chi connectivity index (χ2v) is 5.16. The number of hydrogen-bond donors (Lipinski definition) is 1. The molecule has 0 saturated carbocycles. The zero-order valence-corrected chi connectivity index (χ0v) is 10.8. The molecule has 98 valence electrons. The Morgan fingerprint density at radius 3 is 2.71 bits per heavy atom. The number of nitrogens with zero attached hydrogens (tertiary/aromatic N) is 1. The summed E-state index contributed by atoms with van der Waals surface area (Å²) in [6.07, 6.45) is 5.36. The minimum absolute atomic E-state index is 0.135. The minimum Gasteiger partial charge on any atom is -0.368 e. The van der Waals surface area contributed by atoms with E-state index >= 15 is 0 Å². The van der Waals surface area contributed by atoms with Gasteiger partial charge >= 0.3 is 0 Å². The summed E-state index contributed by atoms with van der Waals surface area (Å²) in [4.78, 5) is 14.1. The topological polar surface area (TPSA) is 41.6 Å². The predicted molar refractivity (Wildman–Crippen MR) is 66.8 cm³/mol. The smallest absolute Gasteiger partial charge is 0.251 e. The van der Waals surface area contributed by atoms with Crippen LogP contribution in [-0.4, -0.2) is 50.2 Å². The van der Waals surface area contributed by atoms with Gasteiger partial charge in [0.1, 0.15) is 6.10 Å². The summed E-state index contributed by atoms with van der Waals surface area (Å²) in [6.45, 7) is 3.69. The number of rotatable bonds is 4. The highest BCUT2D eigenvalue weighted by Crippen LogP contribution is 2.22. The number of hydrogen-bond acceptors (Lipinski definition) is 3. The first kappa shape index (κ1) is 12.8. The van der Waals surface area contributed by atoms with Gasteiger partial charge in [0.05, 0.1) is 0 Å². The average Bonchev–Trinajstić information content (AvgIpc) is 2.90. The van der Waals surface area contributed by atoms with E-state index in [-0.39, 0.29) is 12.0 Å². The maximum absolute atomic E-state index is 12.1. The van der Waals surface area contributed by atoms with Gasteiger partial charge in [0, 0.05) is 19.7 Å². The Morgan fingerprint density at radius 1 is 1.35 bits per heavy atom. The predicted octanol–water partition coefficient (Wildman–Crippen LogP) is 1.01. The van der Waals surface area contributed by atoms with Gasteiger partial charge in [-0.2, -0.15) is 0 Å². The van der Waals surface area contributed by atoms with E-state index in [1.165, 1.54) is 6.42 Å². The Kier molecular flexibility index (Phi) is 4.80. The van der Waals surface area contributed by atoms with Crippen molar-refractivity contribution >= 4 is 5.91 Å². The third kappa shape index (κ3) is 3.42. The average molecular weight is 240 g/mol. The lowest BCUT2D eigenvalue weighted by atomic mass is 9.93.